The second-order valence-corrected chi connectivity index (χ2v) is 6.20. The molecule has 1 fully saturated rings. The van der Waals surface area contributed by atoms with Gasteiger partial charge >= 0.3 is 21.3 Å². The normalized spacial score (nSPS) is 21.3. The predicted octanol–water partition coefficient (Wildman–Crippen LogP) is 2.42. The molecule has 7 heteroatoms. The van der Waals surface area contributed by atoms with Crippen LogP contribution in [-0.4, -0.2) is 24.1 Å². The molecule has 1 unspecified atom stereocenters. The van der Waals surface area contributed by atoms with E-state index in [2.05, 4.69) is 4.74 Å². The first-order chi connectivity index (χ1) is 8.30. The highest BCUT2D eigenvalue weighted by atomic mass is 32.2. The Balaban J connectivity index is 2.74. The van der Waals surface area contributed by atoms with Gasteiger partial charge in [0.1, 0.15) is 0 Å². The quantitative estimate of drug-likeness (QED) is 0.618. The van der Waals surface area contributed by atoms with Gasteiger partial charge in [0.2, 0.25) is 0 Å². The van der Waals surface area contributed by atoms with Crippen LogP contribution >= 0.6 is 0 Å². The second kappa shape index (κ2) is 5.97. The van der Waals surface area contributed by atoms with Crippen LogP contribution in [0.2, 0.25) is 0 Å². The van der Waals surface area contributed by atoms with Crippen molar-refractivity contribution < 1.29 is 26.9 Å². The third-order valence-corrected chi connectivity index (χ3v) is 4.18. The summed E-state index contributed by atoms with van der Waals surface area (Å²) >= 11 is 0. The van der Waals surface area contributed by atoms with Crippen LogP contribution in [-0.2, 0) is 19.6 Å². The molecule has 1 saturated carbocycles. The number of hydrogen-bond acceptors (Lipinski definition) is 4. The lowest BCUT2D eigenvalue weighted by Gasteiger charge is -2.26. The van der Waals surface area contributed by atoms with Crippen LogP contribution in [0.5, 0.6) is 0 Å². The van der Waals surface area contributed by atoms with Gasteiger partial charge in [-0.25, -0.2) is 0 Å². The van der Waals surface area contributed by atoms with E-state index < -0.39 is 33.6 Å². The van der Waals surface area contributed by atoms with Crippen molar-refractivity contribution in [1.29, 1.82) is 0 Å². The molecule has 106 valence electrons. The van der Waals surface area contributed by atoms with Crippen LogP contribution in [0.1, 0.15) is 51.9 Å². The number of carbonyl (C=O) groups excluding carboxylic acids is 1. The summed E-state index contributed by atoms with van der Waals surface area (Å²) in [6, 6.07) is 0. The molecule has 0 heterocycles. The molecular weight excluding hydrogens is 263 g/mol. The Bertz CT molecular complexity index is 388. The summed E-state index contributed by atoms with van der Waals surface area (Å²) in [5, 5.41) is -3.31. The summed E-state index contributed by atoms with van der Waals surface area (Å²) < 4.78 is 49.2. The summed E-state index contributed by atoms with van der Waals surface area (Å²) in [6.45, 7) is 1.54. The number of ether oxygens (including phenoxy) is 1. The van der Waals surface area contributed by atoms with Crippen LogP contribution in [0, 0.1) is 5.92 Å². The summed E-state index contributed by atoms with van der Waals surface area (Å²) in [5.74, 6) is -1.34. The van der Waals surface area contributed by atoms with Gasteiger partial charge in [0.25, 0.3) is 0 Å². The van der Waals surface area contributed by atoms with Gasteiger partial charge < -0.3 is 4.74 Å². The van der Waals surface area contributed by atoms with Gasteiger partial charge in [-0.2, -0.15) is 12.8 Å². The minimum atomic E-state index is -5.07. The van der Waals surface area contributed by atoms with E-state index in [9.17, 15) is 17.6 Å². The fourth-order valence-corrected chi connectivity index (χ4v) is 2.75. The molecule has 0 spiro atoms. The van der Waals surface area contributed by atoms with E-state index in [1.54, 1.807) is 0 Å². The van der Waals surface area contributed by atoms with E-state index in [4.69, 9.17) is 4.55 Å². The maximum atomic E-state index is 14.0. The number of rotatable bonds is 5. The molecule has 0 saturated heterocycles. The highest BCUT2D eigenvalue weighted by Crippen LogP contribution is 2.31. The largest absolute Gasteiger partial charge is 0.412 e. The number of alkyl halides is 1. The summed E-state index contributed by atoms with van der Waals surface area (Å²) in [7, 11) is -5.07. The van der Waals surface area contributed by atoms with E-state index >= 15 is 0 Å². The third-order valence-electron chi connectivity index (χ3n) is 3.13. The van der Waals surface area contributed by atoms with E-state index in [1.807, 2.05) is 0 Å². The smallest absolute Gasteiger partial charge is 0.377 e. The number of esters is 1. The van der Waals surface area contributed by atoms with Crippen molar-refractivity contribution in [3.05, 3.63) is 0 Å². The van der Waals surface area contributed by atoms with E-state index in [-0.39, 0.29) is 6.42 Å². The predicted molar refractivity (Wildman–Crippen MR) is 63.0 cm³/mol. The monoisotopic (exact) mass is 282 g/mol. The molecule has 1 rings (SSSR count). The van der Waals surface area contributed by atoms with Gasteiger partial charge in [0.15, 0.2) is 0 Å². The summed E-state index contributed by atoms with van der Waals surface area (Å²) in [5.41, 5.74) is 0. The maximum Gasteiger partial charge on any atom is 0.377 e. The summed E-state index contributed by atoms with van der Waals surface area (Å²) in [6.07, 6.45) is 3.42. The summed E-state index contributed by atoms with van der Waals surface area (Å²) in [4.78, 5) is 11.7. The molecule has 0 radical (unpaired) electrons. The molecular formula is C11H19FO5S. The van der Waals surface area contributed by atoms with E-state index in [0.717, 1.165) is 19.3 Å². The first-order valence-electron chi connectivity index (χ1n) is 6.19. The van der Waals surface area contributed by atoms with Crippen molar-refractivity contribution >= 4 is 16.1 Å². The van der Waals surface area contributed by atoms with Crippen molar-refractivity contribution in [3.63, 3.8) is 0 Å². The highest BCUT2D eigenvalue weighted by Gasteiger charge is 2.47. The van der Waals surface area contributed by atoms with Gasteiger partial charge in [0.05, 0.1) is 5.92 Å². The molecule has 0 amide bonds. The topological polar surface area (TPSA) is 80.7 Å². The van der Waals surface area contributed by atoms with Crippen LogP contribution in [0.15, 0.2) is 0 Å². The molecule has 1 aliphatic rings. The van der Waals surface area contributed by atoms with Crippen molar-refractivity contribution in [2.75, 3.05) is 0 Å². The Morgan fingerprint density at radius 3 is 2.39 bits per heavy atom. The van der Waals surface area contributed by atoms with Crippen LogP contribution in [0.4, 0.5) is 4.39 Å². The van der Waals surface area contributed by atoms with Crippen LogP contribution in [0.3, 0.4) is 0 Å². The minimum absolute atomic E-state index is 0.133. The van der Waals surface area contributed by atoms with Gasteiger partial charge in [-0.3, -0.25) is 9.35 Å². The van der Waals surface area contributed by atoms with Gasteiger partial charge in [-0.1, -0.05) is 26.2 Å². The van der Waals surface area contributed by atoms with Gasteiger partial charge in [-0.15, -0.1) is 0 Å². The SMILES string of the molecule is CCCC(F)(OC(=O)C1CCCCC1)S(=O)(=O)O. The third kappa shape index (κ3) is 3.65. The van der Waals surface area contributed by atoms with Crippen LogP contribution in [0.25, 0.3) is 0 Å². The average Bonchev–Trinajstić information content (AvgIpc) is 2.29. The Hall–Kier alpha value is -0.690. The Labute approximate surface area is 106 Å². The number of hydrogen-bond donors (Lipinski definition) is 1. The van der Waals surface area contributed by atoms with E-state index in [0.29, 0.717) is 12.8 Å². The van der Waals surface area contributed by atoms with Crippen molar-refractivity contribution in [2.24, 2.45) is 5.92 Å². The Morgan fingerprint density at radius 1 is 1.39 bits per heavy atom. The molecule has 5 nitrogen and oxygen atoms in total. The first-order valence-corrected chi connectivity index (χ1v) is 7.63. The molecule has 18 heavy (non-hydrogen) atoms. The fourth-order valence-electron chi connectivity index (χ4n) is 2.10. The lowest BCUT2D eigenvalue weighted by molar-refractivity contribution is -0.172. The zero-order chi connectivity index (χ0) is 13.8. The zero-order valence-electron chi connectivity index (χ0n) is 10.4. The molecule has 1 aliphatic carbocycles. The van der Waals surface area contributed by atoms with E-state index in [1.165, 1.54) is 6.92 Å². The number of halogens is 1. The standard InChI is InChI=1S/C11H19FO5S/c1-2-8-11(12,18(14,15)16)17-10(13)9-6-4-3-5-7-9/h9H,2-8H2,1H3,(H,14,15,16). The number of carbonyl (C=O) groups is 1. The van der Waals surface area contributed by atoms with Crippen molar-refractivity contribution in [3.8, 4) is 0 Å². The molecule has 0 aliphatic heterocycles. The average molecular weight is 282 g/mol. The minimum Gasteiger partial charge on any atom is -0.412 e. The molecule has 1 atom stereocenters. The fraction of sp³-hybridized carbons (Fsp3) is 0.909. The highest BCUT2D eigenvalue weighted by molar-refractivity contribution is 7.86. The lowest BCUT2D eigenvalue weighted by Crippen LogP contribution is -2.40. The molecule has 0 bridgehead atoms. The van der Waals surface area contributed by atoms with Crippen LogP contribution < -0.4 is 0 Å². The molecule has 0 aromatic rings. The Kier molecular flexibility index (Phi) is 5.10. The second-order valence-electron chi connectivity index (χ2n) is 4.64. The molecule has 0 aromatic carbocycles. The lowest BCUT2D eigenvalue weighted by atomic mass is 9.89. The molecule has 0 aromatic heterocycles. The van der Waals surface area contributed by atoms with Crippen molar-refractivity contribution in [2.45, 2.75) is 57.1 Å². The van der Waals surface area contributed by atoms with Gasteiger partial charge in [0, 0.05) is 6.42 Å². The Morgan fingerprint density at radius 2 is 1.94 bits per heavy atom. The van der Waals surface area contributed by atoms with Crippen molar-refractivity contribution in [1.82, 2.24) is 0 Å². The maximum absolute atomic E-state index is 14.0. The first kappa shape index (κ1) is 15.4. The van der Waals surface area contributed by atoms with Gasteiger partial charge in [-0.05, 0) is 19.3 Å². The molecule has 1 N–H and O–H groups in total. The zero-order valence-corrected chi connectivity index (χ0v) is 11.2.